The number of morpholine rings is 1. The summed E-state index contributed by atoms with van der Waals surface area (Å²) in [5.41, 5.74) is -0.0974. The van der Waals surface area contributed by atoms with Gasteiger partial charge in [-0.05, 0) is 24.3 Å². The van der Waals surface area contributed by atoms with E-state index >= 15 is 0 Å². The second-order valence-corrected chi connectivity index (χ2v) is 6.94. The van der Waals surface area contributed by atoms with Crippen molar-refractivity contribution in [1.82, 2.24) is 10.2 Å². The van der Waals surface area contributed by atoms with Crippen molar-refractivity contribution in [3.63, 3.8) is 0 Å². The number of carbonyl (C=O) groups is 2. The first kappa shape index (κ1) is 19.7. The van der Waals surface area contributed by atoms with Gasteiger partial charge in [0.15, 0.2) is 0 Å². The molecule has 1 aromatic rings. The Bertz CT molecular complexity index is 572. The van der Waals surface area contributed by atoms with Crippen LogP contribution in [0, 0.1) is 0 Å². The summed E-state index contributed by atoms with van der Waals surface area (Å²) in [4.78, 5) is 23.9. The van der Waals surface area contributed by atoms with E-state index in [9.17, 15) is 18.0 Å². The molecule has 25 heavy (non-hydrogen) atoms. The molecule has 2 aliphatic rings. The number of nitrogens with one attached hydrogen (secondary N) is 1. The molecule has 1 aromatic heterocycles. The SMILES string of the molecule is O=C(O)C(F)(F)F.O=C1COC2(CCN(Cc3cccs3)CC2)CN1. The van der Waals surface area contributed by atoms with Crippen LogP contribution in [0.5, 0.6) is 0 Å². The average Bonchev–Trinajstić information content (AvgIpc) is 3.05. The smallest absolute Gasteiger partial charge is 0.475 e. The molecule has 1 spiro atoms. The van der Waals surface area contributed by atoms with E-state index in [4.69, 9.17) is 14.6 Å². The van der Waals surface area contributed by atoms with E-state index in [0.29, 0.717) is 6.54 Å². The van der Waals surface area contributed by atoms with Gasteiger partial charge in [0.2, 0.25) is 5.91 Å². The zero-order chi connectivity index (χ0) is 18.5. The number of halogens is 3. The summed E-state index contributed by atoms with van der Waals surface area (Å²) in [6, 6.07) is 4.29. The van der Waals surface area contributed by atoms with E-state index in [-0.39, 0.29) is 18.1 Å². The molecule has 0 saturated carbocycles. The fourth-order valence-corrected chi connectivity index (χ4v) is 3.39. The van der Waals surface area contributed by atoms with Crippen LogP contribution in [0.3, 0.4) is 0 Å². The highest BCUT2D eigenvalue weighted by Gasteiger charge is 2.39. The van der Waals surface area contributed by atoms with Gasteiger partial charge in [-0.25, -0.2) is 4.79 Å². The predicted molar refractivity (Wildman–Crippen MR) is 84.2 cm³/mol. The van der Waals surface area contributed by atoms with Crippen LogP contribution < -0.4 is 5.32 Å². The van der Waals surface area contributed by atoms with Crippen molar-refractivity contribution in [3.05, 3.63) is 22.4 Å². The summed E-state index contributed by atoms with van der Waals surface area (Å²) in [5, 5.41) is 12.2. The molecule has 3 heterocycles. The number of carboxylic acid groups (broad SMARTS) is 1. The van der Waals surface area contributed by atoms with Crippen molar-refractivity contribution in [1.29, 1.82) is 0 Å². The van der Waals surface area contributed by atoms with Crippen molar-refractivity contribution in [2.45, 2.75) is 31.2 Å². The van der Waals surface area contributed by atoms with Gasteiger partial charge in [0.05, 0.1) is 5.60 Å². The lowest BCUT2D eigenvalue weighted by Crippen LogP contribution is -2.57. The molecule has 2 N–H and O–H groups in total. The number of thiophene rings is 1. The standard InChI is InChI=1S/C13H18N2O2S.C2HF3O2/c16-12-9-17-13(10-14-12)3-5-15(6-4-13)8-11-2-1-7-18-11;3-2(4,5)1(6)7/h1-2,7H,3-6,8-10H2,(H,14,16);(H,6,7). The van der Waals surface area contributed by atoms with Crippen LogP contribution in [0.25, 0.3) is 0 Å². The molecule has 0 unspecified atom stereocenters. The van der Waals surface area contributed by atoms with Gasteiger partial charge in [-0.15, -0.1) is 11.3 Å². The zero-order valence-corrected chi connectivity index (χ0v) is 14.2. The van der Waals surface area contributed by atoms with Gasteiger partial charge in [-0.1, -0.05) is 6.07 Å². The number of hydrogen-bond donors (Lipinski definition) is 2. The highest BCUT2D eigenvalue weighted by molar-refractivity contribution is 7.09. The van der Waals surface area contributed by atoms with Crippen molar-refractivity contribution in [2.75, 3.05) is 26.2 Å². The van der Waals surface area contributed by atoms with E-state index in [1.54, 1.807) is 0 Å². The number of amides is 1. The van der Waals surface area contributed by atoms with E-state index in [1.165, 1.54) is 4.88 Å². The molecule has 0 bridgehead atoms. The van der Waals surface area contributed by atoms with E-state index in [0.717, 1.165) is 32.5 Å². The third kappa shape index (κ3) is 5.98. The topological polar surface area (TPSA) is 78.9 Å². The van der Waals surface area contributed by atoms with Crippen molar-refractivity contribution in [2.24, 2.45) is 0 Å². The molecule has 0 aliphatic carbocycles. The summed E-state index contributed by atoms with van der Waals surface area (Å²) in [6.07, 6.45) is -3.06. The summed E-state index contributed by atoms with van der Waals surface area (Å²) in [6.45, 7) is 4.05. The molecular weight excluding hydrogens is 361 g/mol. The third-order valence-electron chi connectivity index (χ3n) is 4.09. The Morgan fingerprint density at radius 3 is 2.48 bits per heavy atom. The lowest BCUT2D eigenvalue weighted by Gasteiger charge is -2.43. The number of ether oxygens (including phenoxy) is 1. The molecule has 6 nitrogen and oxygen atoms in total. The van der Waals surface area contributed by atoms with Gasteiger partial charge in [0.25, 0.3) is 0 Å². The number of carbonyl (C=O) groups excluding carboxylic acids is 1. The quantitative estimate of drug-likeness (QED) is 0.819. The number of aliphatic carboxylic acids is 1. The minimum atomic E-state index is -5.08. The molecule has 0 atom stereocenters. The van der Waals surface area contributed by atoms with Gasteiger partial charge in [-0.3, -0.25) is 9.69 Å². The van der Waals surface area contributed by atoms with Crippen LogP contribution in [0.4, 0.5) is 13.2 Å². The number of piperidine rings is 1. The number of nitrogens with zero attached hydrogens (tertiary/aromatic N) is 1. The second-order valence-electron chi connectivity index (χ2n) is 5.91. The Morgan fingerprint density at radius 2 is 2.04 bits per heavy atom. The highest BCUT2D eigenvalue weighted by atomic mass is 32.1. The molecular formula is C15H19F3N2O4S. The fraction of sp³-hybridized carbons (Fsp3) is 0.600. The van der Waals surface area contributed by atoms with Crippen LogP contribution in [0.1, 0.15) is 17.7 Å². The lowest BCUT2D eigenvalue weighted by molar-refractivity contribution is -0.192. The molecule has 3 rings (SSSR count). The van der Waals surface area contributed by atoms with Crippen LogP contribution >= 0.6 is 11.3 Å². The van der Waals surface area contributed by atoms with Gasteiger partial charge in [-0.2, -0.15) is 13.2 Å². The molecule has 1 amide bonds. The highest BCUT2D eigenvalue weighted by Crippen LogP contribution is 2.28. The molecule has 2 saturated heterocycles. The van der Waals surface area contributed by atoms with Crippen molar-refractivity contribution in [3.8, 4) is 0 Å². The largest absolute Gasteiger partial charge is 0.490 e. The van der Waals surface area contributed by atoms with E-state index < -0.39 is 12.1 Å². The maximum atomic E-state index is 11.1. The normalized spacial score (nSPS) is 20.5. The zero-order valence-electron chi connectivity index (χ0n) is 13.3. The maximum Gasteiger partial charge on any atom is 0.490 e. The van der Waals surface area contributed by atoms with Gasteiger partial charge < -0.3 is 15.2 Å². The molecule has 0 aromatic carbocycles. The monoisotopic (exact) mass is 380 g/mol. The molecule has 2 fully saturated rings. The molecule has 2 aliphatic heterocycles. The second kappa shape index (κ2) is 8.15. The summed E-state index contributed by atoms with van der Waals surface area (Å²) >= 11 is 1.81. The Kier molecular flexibility index (Phi) is 6.42. The van der Waals surface area contributed by atoms with Gasteiger partial charge in [0, 0.05) is 31.1 Å². The first-order chi connectivity index (χ1) is 11.7. The fourth-order valence-electron chi connectivity index (χ4n) is 2.64. The number of rotatable bonds is 2. The number of likely N-dealkylation sites (tertiary alicyclic amines) is 1. The third-order valence-corrected chi connectivity index (χ3v) is 4.95. The number of alkyl halides is 3. The first-order valence-electron chi connectivity index (χ1n) is 7.66. The molecule has 10 heteroatoms. The number of hydrogen-bond acceptors (Lipinski definition) is 5. The molecule has 140 valence electrons. The summed E-state index contributed by atoms with van der Waals surface area (Å²) in [7, 11) is 0. The van der Waals surface area contributed by atoms with Gasteiger partial charge in [0.1, 0.15) is 6.61 Å². The summed E-state index contributed by atoms with van der Waals surface area (Å²) < 4.78 is 37.5. The Balaban J connectivity index is 0.000000277. The maximum absolute atomic E-state index is 11.1. The van der Waals surface area contributed by atoms with Crippen LogP contribution in [-0.2, 0) is 20.9 Å². The predicted octanol–water partition coefficient (Wildman–Crippen LogP) is 1.86. The Hall–Kier alpha value is -1.65. The van der Waals surface area contributed by atoms with Crippen molar-refractivity contribution < 1.29 is 32.6 Å². The van der Waals surface area contributed by atoms with Gasteiger partial charge >= 0.3 is 12.1 Å². The van der Waals surface area contributed by atoms with Crippen LogP contribution in [0.2, 0.25) is 0 Å². The van der Waals surface area contributed by atoms with E-state index in [2.05, 4.69) is 27.7 Å². The van der Waals surface area contributed by atoms with E-state index in [1.807, 2.05) is 11.3 Å². The minimum absolute atomic E-state index is 0.0154. The van der Waals surface area contributed by atoms with Crippen LogP contribution in [-0.4, -0.2) is 59.9 Å². The Morgan fingerprint density at radius 1 is 1.40 bits per heavy atom. The number of carboxylic acids is 1. The Labute approximate surface area is 146 Å². The van der Waals surface area contributed by atoms with Crippen molar-refractivity contribution >= 4 is 23.2 Å². The lowest BCUT2D eigenvalue weighted by atomic mass is 9.90. The minimum Gasteiger partial charge on any atom is -0.475 e. The molecule has 0 radical (unpaired) electrons. The van der Waals surface area contributed by atoms with Crippen LogP contribution in [0.15, 0.2) is 17.5 Å². The first-order valence-corrected chi connectivity index (χ1v) is 8.54. The average molecular weight is 380 g/mol. The summed E-state index contributed by atoms with van der Waals surface area (Å²) in [5.74, 6) is -2.74.